The largest absolute Gasteiger partial charge is 0.481 e. The monoisotopic (exact) mass is 287 g/mol. The Bertz CT molecular complexity index is 648. The molecule has 0 fully saturated rings. The predicted octanol–water partition coefficient (Wildman–Crippen LogP) is 3.54. The van der Waals surface area contributed by atoms with E-state index in [1.54, 1.807) is 24.3 Å². The Balaban J connectivity index is 2.18. The van der Waals surface area contributed by atoms with E-state index in [0.29, 0.717) is 11.3 Å². The van der Waals surface area contributed by atoms with Gasteiger partial charge in [0.1, 0.15) is 5.82 Å². The van der Waals surface area contributed by atoms with E-state index in [0.717, 1.165) is 11.1 Å². The molecule has 21 heavy (non-hydrogen) atoms. The lowest BCUT2D eigenvalue weighted by molar-refractivity contribution is -0.136. The molecule has 2 aromatic carbocycles. The number of oxime groups is 1. The van der Waals surface area contributed by atoms with E-state index in [9.17, 15) is 9.18 Å². The molecule has 0 atom stereocenters. The first-order valence-electron chi connectivity index (χ1n) is 6.39. The molecule has 0 aliphatic heterocycles. The first-order chi connectivity index (χ1) is 10.1. The molecule has 0 aliphatic carbocycles. The minimum atomic E-state index is -0.945. The van der Waals surface area contributed by atoms with Crippen LogP contribution in [0.25, 0.3) is 11.1 Å². The normalized spacial score (nSPS) is 11.4. The number of rotatable bonds is 5. The van der Waals surface area contributed by atoms with Crippen molar-refractivity contribution in [2.75, 3.05) is 0 Å². The molecular formula is C16H14FNO3. The summed E-state index contributed by atoms with van der Waals surface area (Å²) in [7, 11) is 0. The summed E-state index contributed by atoms with van der Waals surface area (Å²) in [6.45, 7) is 0. The van der Waals surface area contributed by atoms with E-state index in [2.05, 4.69) is 5.16 Å². The fourth-order valence-corrected chi connectivity index (χ4v) is 1.97. The fraction of sp³-hybridized carbons (Fsp3) is 0.125. The smallest absolute Gasteiger partial charge is 0.303 e. The lowest BCUT2D eigenvalue weighted by atomic mass is 10.0. The molecule has 5 heteroatoms. The molecular weight excluding hydrogens is 273 g/mol. The van der Waals surface area contributed by atoms with Gasteiger partial charge in [0.05, 0.1) is 12.1 Å². The summed E-state index contributed by atoms with van der Waals surface area (Å²) in [5.74, 6) is -1.24. The number of hydrogen-bond acceptors (Lipinski definition) is 3. The standard InChI is InChI=1S/C16H14FNO3/c17-14-7-5-12(6-8-14)11-1-3-13(4-2-11)15(18-21)9-10-16(19)20/h1-8,21H,9-10H2,(H,19,20). The van der Waals surface area contributed by atoms with Crippen molar-refractivity contribution in [3.05, 3.63) is 59.9 Å². The zero-order valence-corrected chi connectivity index (χ0v) is 11.2. The SMILES string of the molecule is O=C(O)CCC(=NO)c1ccc(-c2ccc(F)cc2)cc1. The molecule has 0 amide bonds. The molecule has 0 saturated heterocycles. The average molecular weight is 287 g/mol. The van der Waals surface area contributed by atoms with Crippen LogP contribution < -0.4 is 0 Å². The van der Waals surface area contributed by atoms with Gasteiger partial charge in [-0.1, -0.05) is 41.6 Å². The van der Waals surface area contributed by atoms with Gasteiger partial charge in [0, 0.05) is 6.42 Å². The number of hydrogen-bond donors (Lipinski definition) is 2. The molecule has 4 nitrogen and oxygen atoms in total. The third-order valence-electron chi connectivity index (χ3n) is 3.09. The summed E-state index contributed by atoms with van der Waals surface area (Å²) in [6, 6.07) is 13.2. The van der Waals surface area contributed by atoms with Crippen LogP contribution in [-0.4, -0.2) is 22.0 Å². The van der Waals surface area contributed by atoms with Gasteiger partial charge in [-0.05, 0) is 28.8 Å². The van der Waals surface area contributed by atoms with Gasteiger partial charge in [-0.3, -0.25) is 4.79 Å². The molecule has 0 unspecified atom stereocenters. The lowest BCUT2D eigenvalue weighted by Gasteiger charge is -2.06. The van der Waals surface area contributed by atoms with Gasteiger partial charge in [-0.15, -0.1) is 0 Å². The van der Waals surface area contributed by atoms with Crippen LogP contribution in [0.1, 0.15) is 18.4 Å². The molecule has 0 spiro atoms. The van der Waals surface area contributed by atoms with Crippen molar-refractivity contribution in [3.8, 4) is 11.1 Å². The maximum atomic E-state index is 12.9. The third-order valence-corrected chi connectivity index (χ3v) is 3.09. The summed E-state index contributed by atoms with van der Waals surface area (Å²) in [5, 5.41) is 20.8. The Labute approximate surface area is 121 Å². The Morgan fingerprint density at radius 1 is 0.952 bits per heavy atom. The number of carbonyl (C=O) groups is 1. The minimum Gasteiger partial charge on any atom is -0.481 e. The highest BCUT2D eigenvalue weighted by molar-refractivity contribution is 6.01. The van der Waals surface area contributed by atoms with Crippen molar-refractivity contribution in [2.45, 2.75) is 12.8 Å². The molecule has 2 aromatic rings. The van der Waals surface area contributed by atoms with E-state index in [-0.39, 0.29) is 18.7 Å². The van der Waals surface area contributed by atoms with Crippen molar-refractivity contribution < 1.29 is 19.5 Å². The Morgan fingerprint density at radius 3 is 1.95 bits per heavy atom. The zero-order chi connectivity index (χ0) is 15.2. The van der Waals surface area contributed by atoms with Gasteiger partial charge in [-0.25, -0.2) is 4.39 Å². The maximum absolute atomic E-state index is 12.9. The number of aliphatic carboxylic acids is 1. The van der Waals surface area contributed by atoms with Crippen LogP contribution in [0.2, 0.25) is 0 Å². The highest BCUT2D eigenvalue weighted by Gasteiger charge is 2.08. The van der Waals surface area contributed by atoms with E-state index < -0.39 is 5.97 Å². The molecule has 108 valence electrons. The van der Waals surface area contributed by atoms with Gasteiger partial charge < -0.3 is 10.3 Å². The van der Waals surface area contributed by atoms with Crippen LogP contribution >= 0.6 is 0 Å². The second kappa shape index (κ2) is 6.65. The van der Waals surface area contributed by atoms with Crippen LogP contribution in [0.15, 0.2) is 53.7 Å². The number of carboxylic acids is 1. The Hall–Kier alpha value is -2.69. The summed E-state index contributed by atoms with van der Waals surface area (Å²) < 4.78 is 12.9. The highest BCUT2D eigenvalue weighted by atomic mass is 19.1. The molecule has 0 heterocycles. The van der Waals surface area contributed by atoms with Crippen LogP contribution in [-0.2, 0) is 4.79 Å². The molecule has 0 radical (unpaired) electrons. The second-order valence-electron chi connectivity index (χ2n) is 4.52. The van der Waals surface area contributed by atoms with E-state index in [4.69, 9.17) is 10.3 Å². The molecule has 0 aliphatic rings. The predicted molar refractivity (Wildman–Crippen MR) is 77.0 cm³/mol. The zero-order valence-electron chi connectivity index (χ0n) is 11.2. The maximum Gasteiger partial charge on any atom is 0.303 e. The number of carboxylic acid groups (broad SMARTS) is 1. The lowest BCUT2D eigenvalue weighted by Crippen LogP contribution is -2.05. The van der Waals surface area contributed by atoms with Gasteiger partial charge in [0.15, 0.2) is 0 Å². The highest BCUT2D eigenvalue weighted by Crippen LogP contribution is 2.21. The Kier molecular flexibility index (Phi) is 4.66. The van der Waals surface area contributed by atoms with Crippen LogP contribution in [0.5, 0.6) is 0 Å². The summed E-state index contributed by atoms with van der Waals surface area (Å²) >= 11 is 0. The van der Waals surface area contributed by atoms with Gasteiger partial charge in [0.25, 0.3) is 0 Å². The van der Waals surface area contributed by atoms with Crippen LogP contribution in [0, 0.1) is 5.82 Å². The topological polar surface area (TPSA) is 69.9 Å². The van der Waals surface area contributed by atoms with Gasteiger partial charge in [0.2, 0.25) is 0 Å². The quantitative estimate of drug-likeness (QED) is 0.502. The Morgan fingerprint density at radius 2 is 1.48 bits per heavy atom. The van der Waals surface area contributed by atoms with Gasteiger partial charge in [-0.2, -0.15) is 0 Å². The minimum absolute atomic E-state index is 0.0981. The summed E-state index contributed by atoms with van der Waals surface area (Å²) in [5.41, 5.74) is 2.75. The van der Waals surface area contributed by atoms with Gasteiger partial charge >= 0.3 is 5.97 Å². The summed E-state index contributed by atoms with van der Waals surface area (Å²) in [4.78, 5) is 10.6. The third kappa shape index (κ3) is 3.89. The van der Waals surface area contributed by atoms with E-state index in [1.165, 1.54) is 12.1 Å². The molecule has 2 rings (SSSR count). The molecule has 0 aromatic heterocycles. The van der Waals surface area contributed by atoms with E-state index in [1.807, 2.05) is 12.1 Å². The van der Waals surface area contributed by atoms with Crippen LogP contribution in [0.3, 0.4) is 0 Å². The van der Waals surface area contributed by atoms with E-state index >= 15 is 0 Å². The van der Waals surface area contributed by atoms with Crippen molar-refractivity contribution in [1.82, 2.24) is 0 Å². The molecule has 2 N–H and O–H groups in total. The number of nitrogens with zero attached hydrogens (tertiary/aromatic N) is 1. The second-order valence-corrected chi connectivity index (χ2v) is 4.52. The fourth-order valence-electron chi connectivity index (χ4n) is 1.97. The summed E-state index contributed by atoms with van der Waals surface area (Å²) in [6.07, 6.45) is 0.0564. The van der Waals surface area contributed by atoms with Crippen LogP contribution in [0.4, 0.5) is 4.39 Å². The van der Waals surface area contributed by atoms with Crippen molar-refractivity contribution in [3.63, 3.8) is 0 Å². The number of benzene rings is 2. The molecule has 0 bridgehead atoms. The first kappa shape index (κ1) is 14.7. The first-order valence-corrected chi connectivity index (χ1v) is 6.39. The van der Waals surface area contributed by atoms with Crippen molar-refractivity contribution in [2.24, 2.45) is 5.16 Å². The number of halogens is 1. The van der Waals surface area contributed by atoms with Crippen molar-refractivity contribution >= 4 is 11.7 Å². The molecule has 0 saturated carbocycles. The van der Waals surface area contributed by atoms with Crippen molar-refractivity contribution in [1.29, 1.82) is 0 Å². The average Bonchev–Trinajstić information content (AvgIpc) is 2.49.